The van der Waals surface area contributed by atoms with E-state index in [4.69, 9.17) is 5.73 Å². The van der Waals surface area contributed by atoms with E-state index in [0.717, 1.165) is 26.1 Å². The summed E-state index contributed by atoms with van der Waals surface area (Å²) in [6, 6.07) is 8.59. The molecular weight excluding hydrogens is 234 g/mol. The second-order valence-electron chi connectivity index (χ2n) is 5.65. The normalized spacial score (nSPS) is 13.3. The molecule has 0 saturated carbocycles. The molecule has 2 rings (SSSR count). The largest absolute Gasteiger partial charge is 0.350 e. The first-order valence-electron chi connectivity index (χ1n) is 7.03. The molecule has 1 heterocycles. The van der Waals surface area contributed by atoms with Crippen LogP contribution >= 0.6 is 0 Å². The van der Waals surface area contributed by atoms with Crippen LogP contribution in [0.5, 0.6) is 0 Å². The Hall–Kier alpha value is -1.32. The molecule has 104 valence electrons. The highest BCUT2D eigenvalue weighted by Gasteiger charge is 2.09. The van der Waals surface area contributed by atoms with Crippen LogP contribution in [0.4, 0.5) is 0 Å². The highest BCUT2D eigenvalue weighted by atomic mass is 15.1. The van der Waals surface area contributed by atoms with Crippen LogP contribution in [-0.2, 0) is 13.6 Å². The van der Waals surface area contributed by atoms with E-state index < -0.39 is 0 Å². The molecule has 0 aliphatic rings. The summed E-state index contributed by atoms with van der Waals surface area (Å²) in [5.41, 5.74) is 8.38. The van der Waals surface area contributed by atoms with Crippen LogP contribution in [-0.4, -0.2) is 29.6 Å². The number of nitrogens with two attached hydrogens (primary N) is 1. The summed E-state index contributed by atoms with van der Waals surface area (Å²) >= 11 is 0. The fourth-order valence-electron chi connectivity index (χ4n) is 2.48. The van der Waals surface area contributed by atoms with Crippen LogP contribution in [0.25, 0.3) is 10.9 Å². The molecule has 2 N–H and O–H groups in total. The van der Waals surface area contributed by atoms with E-state index in [1.165, 1.54) is 16.5 Å². The Bertz CT molecular complexity index is 530. The van der Waals surface area contributed by atoms with Crippen molar-refractivity contribution in [3.05, 3.63) is 36.0 Å². The van der Waals surface area contributed by atoms with E-state index in [1.807, 2.05) is 0 Å². The quantitative estimate of drug-likeness (QED) is 0.865. The zero-order valence-electron chi connectivity index (χ0n) is 12.3. The van der Waals surface area contributed by atoms with Gasteiger partial charge in [-0.1, -0.05) is 25.1 Å². The number of aryl methyl sites for hydroxylation is 1. The maximum Gasteiger partial charge on any atom is 0.0481 e. The molecule has 0 aliphatic carbocycles. The lowest BCUT2D eigenvalue weighted by molar-refractivity contribution is 0.301. The zero-order valence-corrected chi connectivity index (χ0v) is 12.3. The van der Waals surface area contributed by atoms with Crippen molar-refractivity contribution >= 4 is 10.9 Å². The maximum absolute atomic E-state index is 5.67. The third-order valence-corrected chi connectivity index (χ3v) is 3.83. The molecule has 1 aromatic heterocycles. The van der Waals surface area contributed by atoms with Crippen LogP contribution < -0.4 is 5.73 Å². The van der Waals surface area contributed by atoms with Gasteiger partial charge in [-0.25, -0.2) is 0 Å². The number of nitrogens with zero attached hydrogens (tertiary/aromatic N) is 2. The van der Waals surface area contributed by atoms with Gasteiger partial charge in [-0.3, -0.25) is 0 Å². The van der Waals surface area contributed by atoms with Crippen molar-refractivity contribution in [3.8, 4) is 0 Å². The highest BCUT2D eigenvalue weighted by Crippen LogP contribution is 2.21. The Morgan fingerprint density at radius 2 is 2.05 bits per heavy atom. The molecule has 1 aromatic carbocycles. The maximum atomic E-state index is 5.67. The fourth-order valence-corrected chi connectivity index (χ4v) is 2.48. The Balaban J connectivity index is 2.05. The molecule has 3 heteroatoms. The molecule has 1 unspecified atom stereocenters. The van der Waals surface area contributed by atoms with Crippen LogP contribution in [0.1, 0.15) is 18.9 Å². The molecule has 0 amide bonds. The second-order valence-corrected chi connectivity index (χ2v) is 5.65. The van der Waals surface area contributed by atoms with Gasteiger partial charge in [-0.15, -0.1) is 0 Å². The van der Waals surface area contributed by atoms with Gasteiger partial charge in [0.1, 0.15) is 0 Å². The van der Waals surface area contributed by atoms with Crippen molar-refractivity contribution in [2.75, 3.05) is 20.1 Å². The third-order valence-electron chi connectivity index (χ3n) is 3.83. The smallest absolute Gasteiger partial charge is 0.0481 e. The second kappa shape index (κ2) is 6.22. The summed E-state index contributed by atoms with van der Waals surface area (Å²) in [6.07, 6.45) is 3.41. The number of hydrogen-bond donors (Lipinski definition) is 1. The molecule has 3 nitrogen and oxygen atoms in total. The van der Waals surface area contributed by atoms with Gasteiger partial charge < -0.3 is 15.2 Å². The predicted molar refractivity (Wildman–Crippen MR) is 82.1 cm³/mol. The number of aromatic nitrogens is 1. The lowest BCUT2D eigenvalue weighted by Crippen LogP contribution is -2.23. The van der Waals surface area contributed by atoms with Crippen LogP contribution in [0.15, 0.2) is 30.5 Å². The van der Waals surface area contributed by atoms with E-state index in [1.54, 1.807) is 0 Å². The fraction of sp³-hybridized carbons (Fsp3) is 0.500. The Kier molecular flexibility index (Phi) is 4.61. The average molecular weight is 259 g/mol. The zero-order chi connectivity index (χ0) is 13.8. The molecule has 19 heavy (non-hydrogen) atoms. The number of hydrogen-bond acceptors (Lipinski definition) is 2. The van der Waals surface area contributed by atoms with E-state index in [-0.39, 0.29) is 0 Å². The highest BCUT2D eigenvalue weighted by molar-refractivity contribution is 5.83. The number of para-hydroxylation sites is 1. The van der Waals surface area contributed by atoms with Gasteiger partial charge in [0.15, 0.2) is 0 Å². The van der Waals surface area contributed by atoms with Crippen molar-refractivity contribution in [1.82, 2.24) is 9.47 Å². The molecule has 0 fully saturated rings. The third kappa shape index (κ3) is 3.37. The van der Waals surface area contributed by atoms with Crippen molar-refractivity contribution in [1.29, 1.82) is 0 Å². The van der Waals surface area contributed by atoms with Gasteiger partial charge in [-0.05, 0) is 44.1 Å². The Morgan fingerprint density at radius 3 is 2.79 bits per heavy atom. The van der Waals surface area contributed by atoms with Crippen LogP contribution in [0.3, 0.4) is 0 Å². The molecule has 1 atom stereocenters. The van der Waals surface area contributed by atoms with Gasteiger partial charge in [-0.2, -0.15) is 0 Å². The monoisotopic (exact) mass is 259 g/mol. The van der Waals surface area contributed by atoms with Gasteiger partial charge in [0.25, 0.3) is 0 Å². The topological polar surface area (TPSA) is 34.2 Å². The molecular formula is C16H25N3. The number of fused-ring (bicyclic) bond motifs is 1. The molecule has 0 spiro atoms. The summed E-state index contributed by atoms with van der Waals surface area (Å²) in [7, 11) is 4.30. The van der Waals surface area contributed by atoms with E-state index in [9.17, 15) is 0 Å². The van der Waals surface area contributed by atoms with Crippen LogP contribution in [0.2, 0.25) is 0 Å². The summed E-state index contributed by atoms with van der Waals surface area (Å²) < 4.78 is 2.21. The summed E-state index contributed by atoms with van der Waals surface area (Å²) in [6.45, 7) is 5.09. The van der Waals surface area contributed by atoms with Gasteiger partial charge in [0.2, 0.25) is 0 Å². The van der Waals surface area contributed by atoms with E-state index >= 15 is 0 Å². The van der Waals surface area contributed by atoms with Crippen molar-refractivity contribution in [3.63, 3.8) is 0 Å². The minimum atomic E-state index is 0.606. The Morgan fingerprint density at radius 1 is 1.32 bits per heavy atom. The summed E-state index contributed by atoms with van der Waals surface area (Å²) in [5.74, 6) is 0.606. The average Bonchev–Trinajstić information content (AvgIpc) is 2.73. The van der Waals surface area contributed by atoms with Crippen molar-refractivity contribution in [2.24, 2.45) is 18.7 Å². The van der Waals surface area contributed by atoms with Crippen molar-refractivity contribution < 1.29 is 0 Å². The summed E-state index contributed by atoms with van der Waals surface area (Å²) in [5, 5.41) is 1.36. The minimum absolute atomic E-state index is 0.606. The molecule has 0 saturated heterocycles. The number of benzene rings is 1. The predicted octanol–water partition coefficient (Wildman–Crippen LogP) is 2.60. The van der Waals surface area contributed by atoms with E-state index in [0.29, 0.717) is 5.92 Å². The lowest BCUT2D eigenvalue weighted by atomic mass is 10.1. The van der Waals surface area contributed by atoms with Crippen molar-refractivity contribution in [2.45, 2.75) is 19.9 Å². The minimum Gasteiger partial charge on any atom is -0.350 e. The van der Waals surface area contributed by atoms with Gasteiger partial charge >= 0.3 is 0 Å². The first-order valence-corrected chi connectivity index (χ1v) is 7.03. The molecule has 2 aromatic rings. The summed E-state index contributed by atoms with van der Waals surface area (Å²) in [4.78, 5) is 2.38. The standard InChI is InChI=1S/C16H25N3/c1-13(10-17)8-9-18(2)11-14-12-19(3)16-7-5-4-6-15(14)16/h4-7,12-13H,8-11,17H2,1-3H3. The van der Waals surface area contributed by atoms with Crippen LogP contribution in [0, 0.1) is 5.92 Å². The first-order chi connectivity index (χ1) is 9.11. The number of rotatable bonds is 6. The van der Waals surface area contributed by atoms with Gasteiger partial charge in [0, 0.05) is 30.7 Å². The first kappa shape index (κ1) is 14.1. The molecule has 0 aliphatic heterocycles. The Labute approximate surface area is 116 Å². The van der Waals surface area contributed by atoms with Gasteiger partial charge in [0.05, 0.1) is 0 Å². The lowest BCUT2D eigenvalue weighted by Gasteiger charge is -2.18. The molecule has 0 radical (unpaired) electrons. The van der Waals surface area contributed by atoms with E-state index in [2.05, 4.69) is 60.9 Å². The SMILES string of the molecule is CC(CN)CCN(C)Cc1cn(C)c2ccccc12. The molecule has 0 bridgehead atoms.